The number of aliphatic hydroxyl groups excluding tert-OH is 1. The van der Waals surface area contributed by atoms with E-state index in [-0.39, 0.29) is 12.2 Å². The van der Waals surface area contributed by atoms with Gasteiger partial charge in [0.05, 0.1) is 25.9 Å². The quantitative estimate of drug-likeness (QED) is 0.909. The van der Waals surface area contributed by atoms with Crippen molar-refractivity contribution >= 4 is 5.69 Å². The number of hydrogen-bond donors (Lipinski definition) is 1. The number of methoxy groups -OCH3 is 1. The summed E-state index contributed by atoms with van der Waals surface area (Å²) >= 11 is 0. The number of rotatable bonds is 3. The van der Waals surface area contributed by atoms with Crippen LogP contribution in [0.15, 0.2) is 12.1 Å². The van der Waals surface area contributed by atoms with Crippen molar-refractivity contribution in [2.75, 3.05) is 31.7 Å². The molecule has 1 aromatic rings. The van der Waals surface area contributed by atoms with E-state index in [0.29, 0.717) is 0 Å². The Bertz CT molecular complexity index is 457. The van der Waals surface area contributed by atoms with E-state index in [9.17, 15) is 5.11 Å². The lowest BCUT2D eigenvalue weighted by molar-refractivity contribution is -0.0277. The SMILES string of the molecule is COc1cc(CO)cc(N2CCOC(C)(C)C2)c1C. The molecule has 1 saturated heterocycles. The van der Waals surface area contributed by atoms with Crippen molar-refractivity contribution < 1.29 is 14.6 Å². The van der Waals surface area contributed by atoms with Gasteiger partial charge in [-0.1, -0.05) is 0 Å². The lowest BCUT2D eigenvalue weighted by atomic mass is 10.0. The van der Waals surface area contributed by atoms with Crippen LogP contribution < -0.4 is 9.64 Å². The maximum absolute atomic E-state index is 9.38. The van der Waals surface area contributed by atoms with Crippen LogP contribution in [0.25, 0.3) is 0 Å². The van der Waals surface area contributed by atoms with Gasteiger partial charge in [0.2, 0.25) is 0 Å². The third-order valence-corrected chi connectivity index (χ3v) is 3.56. The van der Waals surface area contributed by atoms with E-state index in [2.05, 4.69) is 25.7 Å². The fourth-order valence-corrected chi connectivity index (χ4v) is 2.58. The van der Waals surface area contributed by atoms with Gasteiger partial charge in [0.25, 0.3) is 0 Å². The van der Waals surface area contributed by atoms with Gasteiger partial charge in [0.15, 0.2) is 0 Å². The van der Waals surface area contributed by atoms with Crippen LogP contribution >= 0.6 is 0 Å². The smallest absolute Gasteiger partial charge is 0.124 e. The third-order valence-electron chi connectivity index (χ3n) is 3.56. The Morgan fingerprint density at radius 2 is 2.16 bits per heavy atom. The molecule has 4 heteroatoms. The van der Waals surface area contributed by atoms with E-state index < -0.39 is 0 Å². The van der Waals surface area contributed by atoms with E-state index in [1.54, 1.807) is 7.11 Å². The van der Waals surface area contributed by atoms with Crippen molar-refractivity contribution in [3.8, 4) is 5.75 Å². The molecule has 1 fully saturated rings. The Labute approximate surface area is 114 Å². The molecule has 0 atom stereocenters. The topological polar surface area (TPSA) is 41.9 Å². The van der Waals surface area contributed by atoms with Gasteiger partial charge in [0, 0.05) is 24.3 Å². The highest BCUT2D eigenvalue weighted by Gasteiger charge is 2.28. The Balaban J connectivity index is 2.37. The average Bonchev–Trinajstić information content (AvgIpc) is 2.38. The first-order valence-electron chi connectivity index (χ1n) is 6.64. The van der Waals surface area contributed by atoms with Crippen LogP contribution in [0.5, 0.6) is 5.75 Å². The molecule has 4 nitrogen and oxygen atoms in total. The molecule has 19 heavy (non-hydrogen) atoms. The fourth-order valence-electron chi connectivity index (χ4n) is 2.58. The standard InChI is InChI=1S/C15H23NO3/c1-11-13(7-12(9-17)8-14(11)18-4)16-5-6-19-15(2,3)10-16/h7-8,17H,5-6,9-10H2,1-4H3. The molecule has 0 spiro atoms. The van der Waals surface area contributed by atoms with Gasteiger partial charge in [-0.15, -0.1) is 0 Å². The summed E-state index contributed by atoms with van der Waals surface area (Å²) in [6, 6.07) is 3.93. The Hall–Kier alpha value is -1.26. The van der Waals surface area contributed by atoms with Gasteiger partial charge in [-0.05, 0) is 38.5 Å². The van der Waals surface area contributed by atoms with Crippen molar-refractivity contribution in [1.82, 2.24) is 0 Å². The van der Waals surface area contributed by atoms with Crippen molar-refractivity contribution in [2.24, 2.45) is 0 Å². The second-order valence-corrected chi connectivity index (χ2v) is 5.63. The maximum Gasteiger partial charge on any atom is 0.124 e. The molecular weight excluding hydrogens is 242 g/mol. The molecule has 1 aliphatic rings. The third kappa shape index (κ3) is 3.01. The Kier molecular flexibility index (Phi) is 4.02. The predicted octanol–water partition coefficient (Wildman–Crippen LogP) is 2.11. The van der Waals surface area contributed by atoms with Crippen molar-refractivity contribution in [3.05, 3.63) is 23.3 Å². The maximum atomic E-state index is 9.38. The molecule has 0 bridgehead atoms. The zero-order chi connectivity index (χ0) is 14.0. The Morgan fingerprint density at radius 3 is 2.74 bits per heavy atom. The van der Waals surface area contributed by atoms with Crippen molar-refractivity contribution in [2.45, 2.75) is 33.0 Å². The second-order valence-electron chi connectivity index (χ2n) is 5.63. The molecule has 1 heterocycles. The average molecular weight is 265 g/mol. The van der Waals surface area contributed by atoms with E-state index in [1.165, 1.54) is 0 Å². The van der Waals surface area contributed by atoms with Crippen LogP contribution in [0, 0.1) is 6.92 Å². The lowest BCUT2D eigenvalue weighted by Gasteiger charge is -2.40. The summed E-state index contributed by atoms with van der Waals surface area (Å²) in [6.07, 6.45) is 0. The number of morpholine rings is 1. The molecule has 0 aliphatic carbocycles. The van der Waals surface area contributed by atoms with Crippen molar-refractivity contribution in [3.63, 3.8) is 0 Å². The zero-order valence-electron chi connectivity index (χ0n) is 12.2. The van der Waals surface area contributed by atoms with Gasteiger partial charge in [-0.3, -0.25) is 0 Å². The summed E-state index contributed by atoms with van der Waals surface area (Å²) in [5.41, 5.74) is 2.96. The highest BCUT2D eigenvalue weighted by atomic mass is 16.5. The number of hydrogen-bond acceptors (Lipinski definition) is 4. The second kappa shape index (κ2) is 5.39. The fraction of sp³-hybridized carbons (Fsp3) is 0.600. The summed E-state index contributed by atoms with van der Waals surface area (Å²) in [7, 11) is 1.66. The van der Waals surface area contributed by atoms with Crippen LogP contribution in [0.2, 0.25) is 0 Å². The van der Waals surface area contributed by atoms with Crippen molar-refractivity contribution in [1.29, 1.82) is 0 Å². The van der Waals surface area contributed by atoms with Gasteiger partial charge in [-0.2, -0.15) is 0 Å². The van der Waals surface area contributed by atoms with E-state index in [1.807, 2.05) is 12.1 Å². The lowest BCUT2D eigenvalue weighted by Crippen LogP contribution is -2.48. The molecule has 0 aromatic heterocycles. The zero-order valence-corrected chi connectivity index (χ0v) is 12.2. The predicted molar refractivity (Wildman–Crippen MR) is 75.9 cm³/mol. The minimum atomic E-state index is -0.146. The van der Waals surface area contributed by atoms with Crippen LogP contribution in [-0.2, 0) is 11.3 Å². The monoisotopic (exact) mass is 265 g/mol. The number of anilines is 1. The van der Waals surface area contributed by atoms with E-state index in [0.717, 1.165) is 42.3 Å². The molecule has 0 radical (unpaired) electrons. The molecule has 1 N–H and O–H groups in total. The molecule has 0 unspecified atom stereocenters. The first-order chi connectivity index (χ1) is 8.96. The first kappa shape index (κ1) is 14.2. The number of benzene rings is 1. The summed E-state index contributed by atoms with van der Waals surface area (Å²) < 4.78 is 11.1. The van der Waals surface area contributed by atoms with E-state index >= 15 is 0 Å². The van der Waals surface area contributed by atoms with Crippen LogP contribution in [0.3, 0.4) is 0 Å². The minimum absolute atomic E-state index is 0.0252. The largest absolute Gasteiger partial charge is 0.496 e. The van der Waals surface area contributed by atoms with Gasteiger partial charge < -0.3 is 19.5 Å². The molecule has 2 rings (SSSR count). The Morgan fingerprint density at radius 1 is 1.42 bits per heavy atom. The van der Waals surface area contributed by atoms with Gasteiger partial charge in [-0.25, -0.2) is 0 Å². The minimum Gasteiger partial charge on any atom is -0.496 e. The highest BCUT2D eigenvalue weighted by Crippen LogP contribution is 2.33. The number of aliphatic hydroxyl groups is 1. The normalized spacial score (nSPS) is 18.5. The molecular formula is C15H23NO3. The van der Waals surface area contributed by atoms with Crippen LogP contribution in [-0.4, -0.2) is 37.5 Å². The number of nitrogens with zero attached hydrogens (tertiary/aromatic N) is 1. The van der Waals surface area contributed by atoms with Crippen LogP contribution in [0.1, 0.15) is 25.0 Å². The van der Waals surface area contributed by atoms with E-state index in [4.69, 9.17) is 9.47 Å². The van der Waals surface area contributed by atoms with Gasteiger partial charge >= 0.3 is 0 Å². The summed E-state index contributed by atoms with van der Waals surface area (Å²) in [5, 5.41) is 9.38. The molecule has 0 amide bonds. The summed E-state index contributed by atoms with van der Waals surface area (Å²) in [4.78, 5) is 2.31. The highest BCUT2D eigenvalue weighted by molar-refractivity contribution is 5.61. The first-order valence-corrected chi connectivity index (χ1v) is 6.64. The molecule has 0 saturated carbocycles. The summed E-state index contributed by atoms with van der Waals surface area (Å²) in [6.45, 7) is 8.70. The molecule has 1 aliphatic heterocycles. The number of ether oxygens (including phenoxy) is 2. The molecule has 106 valence electrons. The van der Waals surface area contributed by atoms with Gasteiger partial charge in [0.1, 0.15) is 5.75 Å². The van der Waals surface area contributed by atoms with Crippen LogP contribution in [0.4, 0.5) is 5.69 Å². The summed E-state index contributed by atoms with van der Waals surface area (Å²) in [5.74, 6) is 0.825. The molecule has 1 aromatic carbocycles.